The van der Waals surface area contributed by atoms with Gasteiger partial charge in [-0.15, -0.1) is 0 Å². The molecule has 0 amide bonds. The molecule has 2 heterocycles. The van der Waals surface area contributed by atoms with Crippen LogP contribution >= 0.6 is 0 Å². The number of ether oxygens (including phenoxy) is 1. The summed E-state index contributed by atoms with van der Waals surface area (Å²) in [6, 6.07) is 31.4. The van der Waals surface area contributed by atoms with E-state index in [1.54, 1.807) is 28.6 Å². The first-order valence-electron chi connectivity index (χ1n) is 13.0. The van der Waals surface area contributed by atoms with Crippen molar-refractivity contribution in [3.8, 4) is 22.6 Å². The lowest BCUT2D eigenvalue weighted by Crippen LogP contribution is -2.37. The Hall–Kier alpha value is -3.87. The number of fused-ring (bicyclic) bond motifs is 1. The van der Waals surface area contributed by atoms with Gasteiger partial charge in [-0.25, -0.2) is 8.42 Å². The molecule has 0 spiro atoms. The van der Waals surface area contributed by atoms with Gasteiger partial charge in [0, 0.05) is 30.2 Å². The van der Waals surface area contributed by atoms with E-state index in [9.17, 15) is 8.42 Å². The number of aromatic amines is 1. The Morgan fingerprint density at radius 1 is 0.816 bits per heavy atom. The third kappa shape index (κ3) is 4.73. The highest BCUT2D eigenvalue weighted by Crippen LogP contribution is 2.36. The Morgan fingerprint density at radius 2 is 1.53 bits per heavy atom. The zero-order valence-electron chi connectivity index (χ0n) is 21.3. The maximum atomic E-state index is 13.4. The molecule has 1 aromatic heterocycles. The first-order valence-corrected chi connectivity index (χ1v) is 14.4. The van der Waals surface area contributed by atoms with E-state index in [4.69, 9.17) is 4.74 Å². The van der Waals surface area contributed by atoms with Gasteiger partial charge in [-0.05, 0) is 90.4 Å². The molecule has 4 aromatic carbocycles. The number of nitrogens with zero attached hydrogens (tertiary/aromatic N) is 1. The fraction of sp³-hybridized carbons (Fsp3) is 0.188. The molecule has 0 radical (unpaired) electrons. The summed E-state index contributed by atoms with van der Waals surface area (Å²) in [6.07, 6.45) is 3.67. The molecule has 5 nitrogen and oxygen atoms in total. The maximum absolute atomic E-state index is 13.4. The van der Waals surface area contributed by atoms with E-state index in [-0.39, 0.29) is 0 Å². The van der Waals surface area contributed by atoms with Crippen LogP contribution in [0.2, 0.25) is 0 Å². The van der Waals surface area contributed by atoms with Crippen molar-refractivity contribution in [3.63, 3.8) is 0 Å². The number of hydrogen-bond acceptors (Lipinski definition) is 3. The zero-order valence-corrected chi connectivity index (χ0v) is 22.1. The molecule has 6 rings (SSSR count). The van der Waals surface area contributed by atoms with E-state index in [2.05, 4.69) is 53.6 Å². The predicted octanol–water partition coefficient (Wildman–Crippen LogP) is 7.50. The van der Waals surface area contributed by atoms with Gasteiger partial charge in [-0.2, -0.15) is 4.31 Å². The summed E-state index contributed by atoms with van der Waals surface area (Å²) in [7, 11) is -3.57. The monoisotopic (exact) mass is 522 g/mol. The van der Waals surface area contributed by atoms with Gasteiger partial charge in [-0.1, -0.05) is 54.6 Å². The SMILES string of the molecule is Cc1ccccc1Oc1ccc(S(=O)(=O)N2CCC(c3c[nH]c4ccc(-c5ccccc5)cc34)CC2)cc1. The standard InChI is InChI=1S/C32H30N2O3S/c1-23-7-5-6-10-32(23)37-27-12-14-28(15-13-27)38(35,36)34-19-17-25(18-20-34)30-22-33-31-16-11-26(21-29(30)31)24-8-3-2-4-9-24/h2-16,21-22,25,33H,17-20H2,1H3. The van der Waals surface area contributed by atoms with Crippen molar-refractivity contribution in [3.05, 3.63) is 114 Å². The van der Waals surface area contributed by atoms with E-state index in [1.165, 1.54) is 22.1 Å². The smallest absolute Gasteiger partial charge is 0.243 e. The third-order valence-corrected chi connectivity index (χ3v) is 9.41. The molecule has 38 heavy (non-hydrogen) atoms. The first kappa shape index (κ1) is 24.5. The van der Waals surface area contributed by atoms with Gasteiger partial charge in [0.2, 0.25) is 10.0 Å². The van der Waals surface area contributed by atoms with Crippen molar-refractivity contribution < 1.29 is 13.2 Å². The average Bonchev–Trinajstić information content (AvgIpc) is 3.38. The third-order valence-electron chi connectivity index (χ3n) is 7.50. The first-order chi connectivity index (χ1) is 18.5. The number of hydrogen-bond donors (Lipinski definition) is 1. The zero-order chi connectivity index (χ0) is 26.1. The minimum Gasteiger partial charge on any atom is -0.457 e. The summed E-state index contributed by atoms with van der Waals surface area (Å²) in [4.78, 5) is 3.71. The molecule has 0 saturated carbocycles. The summed E-state index contributed by atoms with van der Waals surface area (Å²) < 4.78 is 34.3. The summed E-state index contributed by atoms with van der Waals surface area (Å²) in [5, 5.41) is 1.22. The number of sulfonamides is 1. The molecular weight excluding hydrogens is 492 g/mol. The molecule has 6 heteroatoms. The molecule has 1 saturated heterocycles. The van der Waals surface area contributed by atoms with Crippen molar-refractivity contribution in [2.45, 2.75) is 30.6 Å². The Labute approximate surface area is 223 Å². The van der Waals surface area contributed by atoms with Crippen LogP contribution in [-0.2, 0) is 10.0 Å². The number of rotatable bonds is 6. The highest BCUT2D eigenvalue weighted by atomic mass is 32.2. The van der Waals surface area contributed by atoms with Crippen molar-refractivity contribution >= 4 is 20.9 Å². The van der Waals surface area contributed by atoms with E-state index < -0.39 is 10.0 Å². The molecule has 5 aromatic rings. The fourth-order valence-corrected chi connectivity index (χ4v) is 6.79. The molecule has 192 valence electrons. The number of para-hydroxylation sites is 1. The number of H-pyrrole nitrogens is 1. The highest BCUT2D eigenvalue weighted by molar-refractivity contribution is 7.89. The van der Waals surface area contributed by atoms with Crippen LogP contribution in [0.25, 0.3) is 22.0 Å². The normalized spacial score (nSPS) is 15.1. The van der Waals surface area contributed by atoms with Gasteiger partial charge in [0.05, 0.1) is 4.90 Å². The number of benzene rings is 4. The minimum absolute atomic E-state index is 0.299. The molecular formula is C32H30N2O3S. The lowest BCUT2D eigenvalue weighted by Gasteiger charge is -2.31. The number of aryl methyl sites for hydroxylation is 1. The van der Waals surface area contributed by atoms with E-state index >= 15 is 0 Å². The maximum Gasteiger partial charge on any atom is 0.243 e. The van der Waals surface area contributed by atoms with Gasteiger partial charge >= 0.3 is 0 Å². The predicted molar refractivity (Wildman–Crippen MR) is 152 cm³/mol. The van der Waals surface area contributed by atoms with Gasteiger partial charge in [0.15, 0.2) is 0 Å². The lowest BCUT2D eigenvalue weighted by molar-refractivity contribution is 0.320. The quantitative estimate of drug-likeness (QED) is 0.251. The van der Waals surface area contributed by atoms with E-state index in [0.29, 0.717) is 29.7 Å². The van der Waals surface area contributed by atoms with Crippen molar-refractivity contribution in [2.24, 2.45) is 0 Å². The van der Waals surface area contributed by atoms with Crippen LogP contribution in [0.1, 0.15) is 29.9 Å². The second-order valence-corrected chi connectivity index (χ2v) is 11.8. The van der Waals surface area contributed by atoms with Gasteiger partial charge in [0.1, 0.15) is 11.5 Å². The van der Waals surface area contributed by atoms with Crippen LogP contribution < -0.4 is 4.74 Å². The van der Waals surface area contributed by atoms with Gasteiger partial charge in [-0.3, -0.25) is 0 Å². The summed E-state index contributed by atoms with van der Waals surface area (Å²) in [5.41, 5.74) is 5.79. The Kier molecular flexibility index (Phi) is 6.52. The van der Waals surface area contributed by atoms with Crippen molar-refractivity contribution in [2.75, 3.05) is 13.1 Å². The van der Waals surface area contributed by atoms with Gasteiger partial charge in [0.25, 0.3) is 0 Å². The number of piperidine rings is 1. The second-order valence-electron chi connectivity index (χ2n) is 9.89. The minimum atomic E-state index is -3.57. The van der Waals surface area contributed by atoms with Crippen LogP contribution in [0.4, 0.5) is 0 Å². The Bertz CT molecular complexity index is 1670. The lowest BCUT2D eigenvalue weighted by atomic mass is 9.89. The van der Waals surface area contributed by atoms with Gasteiger partial charge < -0.3 is 9.72 Å². The van der Waals surface area contributed by atoms with Crippen LogP contribution in [0.3, 0.4) is 0 Å². The topological polar surface area (TPSA) is 62.4 Å². The number of aromatic nitrogens is 1. The summed E-state index contributed by atoms with van der Waals surface area (Å²) in [6.45, 7) is 2.98. The summed E-state index contributed by atoms with van der Waals surface area (Å²) >= 11 is 0. The van der Waals surface area contributed by atoms with Crippen LogP contribution in [0.15, 0.2) is 108 Å². The molecule has 0 atom stereocenters. The molecule has 1 aliphatic rings. The van der Waals surface area contributed by atoms with Crippen LogP contribution in [0.5, 0.6) is 11.5 Å². The summed E-state index contributed by atoms with van der Waals surface area (Å²) in [5.74, 6) is 1.69. The van der Waals surface area contributed by atoms with Crippen molar-refractivity contribution in [1.29, 1.82) is 0 Å². The van der Waals surface area contributed by atoms with E-state index in [1.807, 2.05) is 37.3 Å². The Balaban J connectivity index is 1.16. The van der Waals surface area contributed by atoms with Crippen LogP contribution in [0, 0.1) is 6.92 Å². The second kappa shape index (κ2) is 10.1. The van der Waals surface area contributed by atoms with Crippen LogP contribution in [-0.4, -0.2) is 30.8 Å². The van der Waals surface area contributed by atoms with Crippen molar-refractivity contribution in [1.82, 2.24) is 9.29 Å². The fourth-order valence-electron chi connectivity index (χ4n) is 5.32. The molecule has 0 bridgehead atoms. The number of nitrogens with one attached hydrogen (secondary N) is 1. The average molecular weight is 523 g/mol. The Morgan fingerprint density at radius 3 is 2.26 bits per heavy atom. The molecule has 0 aliphatic carbocycles. The van der Waals surface area contributed by atoms with E-state index in [0.717, 1.165) is 29.7 Å². The molecule has 1 aliphatic heterocycles. The highest BCUT2D eigenvalue weighted by Gasteiger charge is 2.31. The molecule has 0 unspecified atom stereocenters. The molecule has 1 N–H and O–H groups in total. The largest absolute Gasteiger partial charge is 0.457 e. The molecule has 1 fully saturated rings.